The first-order valence-electron chi connectivity index (χ1n) is 14.0. The molecule has 2 aliphatic rings. The minimum Gasteiger partial charge on any atom is -0.364 e. The summed E-state index contributed by atoms with van der Waals surface area (Å²) in [6.07, 6.45) is 8.27. The first-order valence-corrected chi connectivity index (χ1v) is 14.0. The quantitative estimate of drug-likeness (QED) is 0.357. The van der Waals surface area contributed by atoms with Crippen molar-refractivity contribution in [2.24, 2.45) is 31.7 Å². The molecule has 2 N–H and O–H groups in total. The molecule has 1 atom stereocenters. The van der Waals surface area contributed by atoms with Crippen LogP contribution in [0.3, 0.4) is 0 Å². The second-order valence-corrected chi connectivity index (χ2v) is 11.7. The van der Waals surface area contributed by atoms with Gasteiger partial charge in [0, 0.05) is 49.1 Å². The number of rotatable bonds is 6. The summed E-state index contributed by atoms with van der Waals surface area (Å²) in [5, 5.41) is 4.33. The van der Waals surface area contributed by atoms with E-state index in [4.69, 9.17) is 10.7 Å². The normalized spacial score (nSPS) is 20.9. The molecule has 0 unspecified atom stereocenters. The van der Waals surface area contributed by atoms with Gasteiger partial charge in [-0.1, -0.05) is 19.8 Å². The van der Waals surface area contributed by atoms with E-state index in [9.17, 15) is 18.4 Å². The number of alkyl halides is 2. The second kappa shape index (κ2) is 10.2. The van der Waals surface area contributed by atoms with Crippen molar-refractivity contribution in [1.29, 1.82) is 0 Å². The van der Waals surface area contributed by atoms with Gasteiger partial charge in [-0.15, -0.1) is 0 Å². The Bertz CT molecular complexity index is 1700. The van der Waals surface area contributed by atoms with Crippen LogP contribution in [0.25, 0.3) is 22.2 Å². The molecule has 1 aliphatic heterocycles. The molecular formula is C30H32F3N7O2. The molecule has 1 saturated heterocycles. The molecule has 0 bridgehead atoms. The van der Waals surface area contributed by atoms with Gasteiger partial charge in [-0.2, -0.15) is 5.10 Å². The largest absolute Gasteiger partial charge is 0.364 e. The fourth-order valence-electron chi connectivity index (χ4n) is 6.59. The van der Waals surface area contributed by atoms with Crippen molar-refractivity contribution in [2.75, 3.05) is 13.1 Å². The summed E-state index contributed by atoms with van der Waals surface area (Å²) in [7, 11) is 3.40. The Kier molecular flexibility index (Phi) is 6.81. The zero-order valence-electron chi connectivity index (χ0n) is 23.6. The van der Waals surface area contributed by atoms with Crippen LogP contribution in [-0.2, 0) is 14.1 Å². The zero-order chi connectivity index (χ0) is 29.9. The Morgan fingerprint density at radius 2 is 1.76 bits per heavy atom. The maximum Gasteiger partial charge on any atom is 0.282 e. The van der Waals surface area contributed by atoms with Gasteiger partial charge in [0.25, 0.3) is 17.7 Å². The number of carbonyl (C=O) groups excluding carboxylic acids is 2. The topological polar surface area (TPSA) is 112 Å². The number of primary amides is 1. The molecule has 9 nitrogen and oxygen atoms in total. The van der Waals surface area contributed by atoms with E-state index in [2.05, 4.69) is 17.0 Å². The van der Waals surface area contributed by atoms with Gasteiger partial charge in [-0.25, -0.2) is 18.2 Å². The Morgan fingerprint density at radius 1 is 1.05 bits per heavy atom. The highest BCUT2D eigenvalue weighted by atomic mass is 19.3. The predicted molar refractivity (Wildman–Crippen MR) is 149 cm³/mol. The Labute approximate surface area is 240 Å². The van der Waals surface area contributed by atoms with E-state index in [0.717, 1.165) is 30.6 Å². The number of pyridine rings is 1. The van der Waals surface area contributed by atoms with Crippen LogP contribution >= 0.6 is 0 Å². The van der Waals surface area contributed by atoms with E-state index < -0.39 is 36.6 Å². The third-order valence-corrected chi connectivity index (χ3v) is 8.83. The van der Waals surface area contributed by atoms with Gasteiger partial charge >= 0.3 is 0 Å². The van der Waals surface area contributed by atoms with Crippen molar-refractivity contribution in [3.63, 3.8) is 0 Å². The summed E-state index contributed by atoms with van der Waals surface area (Å²) in [5.41, 5.74) is 7.78. The number of aromatic nitrogens is 5. The number of fused-ring (bicyclic) bond motifs is 1. The number of amides is 2. The third-order valence-electron chi connectivity index (χ3n) is 8.83. The summed E-state index contributed by atoms with van der Waals surface area (Å²) < 4.78 is 46.6. The van der Waals surface area contributed by atoms with E-state index in [-0.39, 0.29) is 34.0 Å². The highest BCUT2D eigenvalue weighted by Gasteiger charge is 2.47. The Hall–Kier alpha value is -4.22. The van der Waals surface area contributed by atoms with Crippen LogP contribution in [0.4, 0.5) is 13.2 Å². The highest BCUT2D eigenvalue weighted by Crippen LogP contribution is 2.44. The SMILES string of the molecule is CC1CCC([C@@H](c2cnn(C)c2C(N)=O)c2nc3ccc(-c4cnccc4C(=O)N4CC(F)(F)C4)c(F)c3n2C)CC1. The molecular weight excluding hydrogens is 547 g/mol. The molecule has 0 radical (unpaired) electrons. The lowest BCUT2D eigenvalue weighted by atomic mass is 9.73. The van der Waals surface area contributed by atoms with Crippen molar-refractivity contribution in [3.05, 3.63) is 65.3 Å². The smallest absolute Gasteiger partial charge is 0.282 e. The zero-order valence-corrected chi connectivity index (χ0v) is 23.6. The number of halogens is 3. The van der Waals surface area contributed by atoms with E-state index in [0.29, 0.717) is 28.5 Å². The van der Waals surface area contributed by atoms with Crippen molar-refractivity contribution < 1.29 is 22.8 Å². The van der Waals surface area contributed by atoms with E-state index in [1.54, 1.807) is 30.9 Å². The highest BCUT2D eigenvalue weighted by molar-refractivity contribution is 6.02. The number of hydrogen-bond donors (Lipinski definition) is 1. The molecule has 42 heavy (non-hydrogen) atoms. The molecule has 3 aromatic heterocycles. The maximum atomic E-state index is 16.4. The van der Waals surface area contributed by atoms with Crippen LogP contribution in [0.15, 0.2) is 36.8 Å². The number of nitrogens with two attached hydrogens (primary N) is 1. The van der Waals surface area contributed by atoms with Gasteiger partial charge in [-0.3, -0.25) is 19.3 Å². The van der Waals surface area contributed by atoms with Crippen molar-refractivity contribution in [3.8, 4) is 11.1 Å². The van der Waals surface area contributed by atoms with E-state index in [1.165, 1.54) is 29.2 Å². The summed E-state index contributed by atoms with van der Waals surface area (Å²) >= 11 is 0. The molecule has 4 aromatic rings. The number of carbonyl (C=O) groups is 2. The predicted octanol–water partition coefficient (Wildman–Crippen LogP) is 4.66. The molecule has 1 aromatic carbocycles. The van der Waals surface area contributed by atoms with Gasteiger partial charge in [0.1, 0.15) is 17.0 Å². The maximum absolute atomic E-state index is 16.4. The van der Waals surface area contributed by atoms with Crippen LogP contribution < -0.4 is 5.73 Å². The van der Waals surface area contributed by atoms with E-state index >= 15 is 4.39 Å². The molecule has 4 heterocycles. The Balaban J connectivity index is 1.47. The van der Waals surface area contributed by atoms with Crippen molar-refractivity contribution in [2.45, 2.75) is 44.4 Å². The second-order valence-electron chi connectivity index (χ2n) is 11.7. The lowest BCUT2D eigenvalue weighted by molar-refractivity contribution is -0.113. The number of hydrogen-bond acceptors (Lipinski definition) is 5. The lowest BCUT2D eigenvalue weighted by Gasteiger charge is -2.38. The number of nitrogens with zero attached hydrogens (tertiary/aromatic N) is 6. The summed E-state index contributed by atoms with van der Waals surface area (Å²) in [6, 6.07) is 4.62. The molecule has 2 amide bonds. The number of likely N-dealkylation sites (tertiary alicyclic amines) is 1. The minimum absolute atomic E-state index is 0.0943. The molecule has 1 saturated carbocycles. The number of benzene rings is 1. The molecule has 2 fully saturated rings. The lowest BCUT2D eigenvalue weighted by Crippen LogP contribution is -2.58. The van der Waals surface area contributed by atoms with E-state index in [1.807, 2.05) is 0 Å². The van der Waals surface area contributed by atoms with Crippen LogP contribution in [0.2, 0.25) is 0 Å². The number of aryl methyl sites for hydroxylation is 2. The Morgan fingerprint density at radius 3 is 2.43 bits per heavy atom. The monoisotopic (exact) mass is 579 g/mol. The summed E-state index contributed by atoms with van der Waals surface area (Å²) in [4.78, 5) is 35.5. The third kappa shape index (κ3) is 4.62. The summed E-state index contributed by atoms with van der Waals surface area (Å²) in [6.45, 7) is 0.868. The van der Waals surface area contributed by atoms with Crippen LogP contribution in [-0.4, -0.2) is 60.0 Å². The first-order chi connectivity index (χ1) is 20.0. The van der Waals surface area contributed by atoms with Gasteiger partial charge in [-0.05, 0) is 42.9 Å². The fraction of sp³-hybridized carbons (Fsp3) is 0.433. The fourth-order valence-corrected chi connectivity index (χ4v) is 6.59. The summed E-state index contributed by atoms with van der Waals surface area (Å²) in [5.74, 6) is -3.77. The average Bonchev–Trinajstić information content (AvgIpc) is 3.48. The van der Waals surface area contributed by atoms with Crippen LogP contribution in [0.1, 0.15) is 70.8 Å². The van der Waals surface area contributed by atoms with Gasteiger partial charge in [0.2, 0.25) is 0 Å². The number of imidazole rings is 1. The van der Waals surface area contributed by atoms with Crippen LogP contribution in [0, 0.1) is 17.7 Å². The average molecular weight is 580 g/mol. The van der Waals surface area contributed by atoms with Crippen molar-refractivity contribution >= 4 is 22.8 Å². The molecule has 1 aliphatic carbocycles. The van der Waals surface area contributed by atoms with Gasteiger partial charge in [0.15, 0.2) is 5.82 Å². The first kappa shape index (κ1) is 27.9. The van der Waals surface area contributed by atoms with Gasteiger partial charge in [0.05, 0.1) is 30.4 Å². The van der Waals surface area contributed by atoms with Crippen molar-refractivity contribution in [1.82, 2.24) is 29.2 Å². The molecule has 12 heteroatoms. The molecule has 220 valence electrons. The van der Waals surface area contributed by atoms with Crippen LogP contribution in [0.5, 0.6) is 0 Å². The molecule has 6 rings (SSSR count). The molecule has 0 spiro atoms. The van der Waals surface area contributed by atoms with Gasteiger partial charge < -0.3 is 15.2 Å². The standard InChI is InChI=1S/C30H32F3N7O2/c1-16-4-6-17(7-5-16)23(21-13-36-39(3)25(21)27(34)41)28-37-22-9-8-18(24(31)26(22)38(28)2)20-12-35-11-10-19(20)29(42)40-14-30(32,33)15-40/h8-13,16-17,23H,4-7,14-15H2,1-3H3,(H2,34,41)/t16?,17?,23-/m0/s1. The minimum atomic E-state index is -2.92.